The number of benzene rings is 1. The summed E-state index contributed by atoms with van der Waals surface area (Å²) in [6.45, 7) is 1.57. The van der Waals surface area contributed by atoms with E-state index in [4.69, 9.17) is 0 Å². The van der Waals surface area contributed by atoms with Crippen LogP contribution >= 0.6 is 0 Å². The number of anilines is 1. The molecule has 1 N–H and O–H groups in total. The van der Waals surface area contributed by atoms with Crippen molar-refractivity contribution < 1.29 is 4.79 Å². The maximum Gasteiger partial charge on any atom is 0.255 e. The van der Waals surface area contributed by atoms with Crippen LogP contribution < -0.4 is 5.32 Å². The maximum atomic E-state index is 12.3. The van der Waals surface area contributed by atoms with Gasteiger partial charge in [0.1, 0.15) is 5.65 Å². The number of hydrogen-bond donors (Lipinski definition) is 1. The zero-order chi connectivity index (χ0) is 19.3. The van der Waals surface area contributed by atoms with Gasteiger partial charge in [0.25, 0.3) is 5.91 Å². The summed E-state index contributed by atoms with van der Waals surface area (Å²) < 4.78 is 2.10. The number of rotatable bonds is 6. The summed E-state index contributed by atoms with van der Waals surface area (Å²) in [6.07, 6.45) is 7.24. The second kappa shape index (κ2) is 8.02. The highest BCUT2D eigenvalue weighted by Gasteiger charge is 2.09. The molecule has 0 unspecified atom stereocenters. The minimum Gasteiger partial charge on any atom is -0.321 e. The summed E-state index contributed by atoms with van der Waals surface area (Å²) in [5.41, 5.74) is 4.55. The molecule has 1 amide bonds. The lowest BCUT2D eigenvalue weighted by molar-refractivity contribution is 0.102. The number of nitrogens with zero attached hydrogens (tertiary/aromatic N) is 4. The van der Waals surface area contributed by atoms with E-state index in [9.17, 15) is 4.79 Å². The van der Waals surface area contributed by atoms with E-state index < -0.39 is 0 Å². The molecule has 0 saturated heterocycles. The zero-order valence-corrected chi connectivity index (χ0v) is 15.6. The standard InChI is InChI=1S/C22H21N5O/c1-26(16-20-14-24-21-6-2-3-12-27(20)21)15-17-7-9-18(10-8-17)22(28)25-19-5-4-11-23-13-19/h2-14H,15-16H2,1H3,(H,25,28). The molecule has 0 fully saturated rings. The van der Waals surface area contributed by atoms with Crippen molar-refractivity contribution in [1.82, 2.24) is 19.3 Å². The number of carbonyl (C=O) groups excluding carboxylic acids is 1. The number of pyridine rings is 2. The van der Waals surface area contributed by atoms with Gasteiger partial charge in [-0.2, -0.15) is 0 Å². The van der Waals surface area contributed by atoms with Crippen LogP contribution in [0.15, 0.2) is 79.4 Å². The lowest BCUT2D eigenvalue weighted by Crippen LogP contribution is -2.18. The first-order valence-electron chi connectivity index (χ1n) is 9.09. The molecule has 0 spiro atoms. The van der Waals surface area contributed by atoms with E-state index in [-0.39, 0.29) is 5.91 Å². The molecule has 0 aliphatic rings. The minimum atomic E-state index is -0.140. The van der Waals surface area contributed by atoms with Crippen LogP contribution in [0.4, 0.5) is 5.69 Å². The molecule has 6 nitrogen and oxygen atoms in total. The molecule has 0 saturated carbocycles. The van der Waals surface area contributed by atoms with E-state index in [0.29, 0.717) is 11.3 Å². The molecular weight excluding hydrogens is 350 g/mol. The molecule has 0 aliphatic carbocycles. The molecule has 4 rings (SSSR count). The fourth-order valence-electron chi connectivity index (χ4n) is 3.15. The van der Waals surface area contributed by atoms with Crippen molar-refractivity contribution >= 4 is 17.2 Å². The Morgan fingerprint density at radius 1 is 1.04 bits per heavy atom. The summed E-state index contributed by atoms with van der Waals surface area (Å²) in [5.74, 6) is -0.140. The Labute approximate surface area is 163 Å². The van der Waals surface area contributed by atoms with E-state index in [1.54, 1.807) is 18.5 Å². The molecule has 3 heterocycles. The van der Waals surface area contributed by atoms with Gasteiger partial charge in [0.2, 0.25) is 0 Å². The molecule has 1 aromatic carbocycles. The van der Waals surface area contributed by atoms with Crippen LogP contribution in [0.5, 0.6) is 0 Å². The van der Waals surface area contributed by atoms with Gasteiger partial charge in [-0.15, -0.1) is 0 Å². The van der Waals surface area contributed by atoms with Crippen LogP contribution in [0, 0.1) is 0 Å². The van der Waals surface area contributed by atoms with E-state index in [0.717, 1.165) is 30.0 Å². The molecule has 6 heteroatoms. The van der Waals surface area contributed by atoms with Gasteiger partial charge >= 0.3 is 0 Å². The number of carbonyl (C=O) groups is 1. The summed E-state index contributed by atoms with van der Waals surface area (Å²) >= 11 is 0. The molecule has 28 heavy (non-hydrogen) atoms. The highest BCUT2D eigenvalue weighted by molar-refractivity contribution is 6.04. The smallest absolute Gasteiger partial charge is 0.255 e. The van der Waals surface area contributed by atoms with Crippen LogP contribution in [0.3, 0.4) is 0 Å². The van der Waals surface area contributed by atoms with Crippen molar-refractivity contribution in [2.75, 3.05) is 12.4 Å². The number of aromatic nitrogens is 3. The van der Waals surface area contributed by atoms with Crippen LogP contribution in [0.25, 0.3) is 5.65 Å². The van der Waals surface area contributed by atoms with Gasteiger partial charge in [-0.25, -0.2) is 4.98 Å². The third-order valence-electron chi connectivity index (χ3n) is 4.51. The number of hydrogen-bond acceptors (Lipinski definition) is 4. The molecule has 4 aromatic rings. The van der Waals surface area contributed by atoms with Crippen molar-refractivity contribution in [2.45, 2.75) is 13.1 Å². The van der Waals surface area contributed by atoms with Crippen LogP contribution in [-0.4, -0.2) is 32.2 Å². The summed E-state index contributed by atoms with van der Waals surface area (Å²) in [6, 6.07) is 17.3. The quantitative estimate of drug-likeness (QED) is 0.562. The van der Waals surface area contributed by atoms with Crippen molar-refractivity contribution in [3.8, 4) is 0 Å². The topological polar surface area (TPSA) is 62.5 Å². The van der Waals surface area contributed by atoms with Crippen molar-refractivity contribution in [3.63, 3.8) is 0 Å². The van der Waals surface area contributed by atoms with E-state index in [2.05, 4.69) is 31.6 Å². The monoisotopic (exact) mass is 371 g/mol. The van der Waals surface area contributed by atoms with Crippen LogP contribution in [0.2, 0.25) is 0 Å². The Hall–Kier alpha value is -3.51. The number of fused-ring (bicyclic) bond motifs is 1. The largest absolute Gasteiger partial charge is 0.321 e. The van der Waals surface area contributed by atoms with Gasteiger partial charge in [0.15, 0.2) is 0 Å². The highest BCUT2D eigenvalue weighted by Crippen LogP contribution is 2.13. The van der Waals surface area contributed by atoms with Gasteiger partial charge in [-0.1, -0.05) is 18.2 Å². The third-order valence-corrected chi connectivity index (χ3v) is 4.51. The van der Waals surface area contributed by atoms with Gasteiger partial charge < -0.3 is 9.72 Å². The Morgan fingerprint density at radius 3 is 2.68 bits per heavy atom. The Morgan fingerprint density at radius 2 is 1.89 bits per heavy atom. The second-order valence-electron chi connectivity index (χ2n) is 6.74. The first-order valence-corrected chi connectivity index (χ1v) is 9.09. The van der Waals surface area contributed by atoms with Crippen LogP contribution in [0.1, 0.15) is 21.6 Å². The Balaban J connectivity index is 1.38. The molecule has 0 atom stereocenters. The van der Waals surface area contributed by atoms with Gasteiger partial charge in [0.05, 0.1) is 23.8 Å². The molecule has 140 valence electrons. The number of nitrogens with one attached hydrogen (secondary N) is 1. The summed E-state index contributed by atoms with van der Waals surface area (Å²) in [7, 11) is 2.07. The Bertz CT molecular complexity index is 1070. The van der Waals surface area contributed by atoms with Gasteiger partial charge in [-0.05, 0) is 49.0 Å². The van der Waals surface area contributed by atoms with E-state index in [1.807, 2.05) is 60.9 Å². The SMILES string of the molecule is CN(Cc1ccc(C(=O)Nc2cccnc2)cc1)Cc1cnc2ccccn12. The fourth-order valence-corrected chi connectivity index (χ4v) is 3.15. The van der Waals surface area contributed by atoms with E-state index in [1.165, 1.54) is 0 Å². The zero-order valence-electron chi connectivity index (χ0n) is 15.6. The number of amides is 1. The third kappa shape index (κ3) is 4.07. The van der Waals surface area contributed by atoms with E-state index >= 15 is 0 Å². The first-order chi connectivity index (χ1) is 13.7. The molecular formula is C22H21N5O. The van der Waals surface area contributed by atoms with Gasteiger partial charge in [0, 0.05) is 31.0 Å². The molecule has 0 bridgehead atoms. The Kier molecular flexibility index (Phi) is 5.12. The van der Waals surface area contributed by atoms with Crippen molar-refractivity contribution in [3.05, 3.63) is 96.2 Å². The lowest BCUT2D eigenvalue weighted by Gasteiger charge is -2.16. The molecule has 0 aliphatic heterocycles. The first kappa shape index (κ1) is 17.9. The predicted molar refractivity (Wildman–Crippen MR) is 109 cm³/mol. The van der Waals surface area contributed by atoms with Crippen molar-refractivity contribution in [1.29, 1.82) is 0 Å². The maximum absolute atomic E-state index is 12.3. The normalized spacial score (nSPS) is 11.1. The summed E-state index contributed by atoms with van der Waals surface area (Å²) in [5, 5.41) is 2.84. The predicted octanol–water partition coefficient (Wildman–Crippen LogP) is 3.61. The fraction of sp³-hybridized carbons (Fsp3) is 0.136. The van der Waals surface area contributed by atoms with Crippen molar-refractivity contribution in [2.24, 2.45) is 0 Å². The van der Waals surface area contributed by atoms with Gasteiger partial charge in [-0.3, -0.25) is 14.7 Å². The molecule has 0 radical (unpaired) electrons. The number of imidazole rings is 1. The van der Waals surface area contributed by atoms with Crippen LogP contribution in [-0.2, 0) is 13.1 Å². The average molecular weight is 371 g/mol. The minimum absolute atomic E-state index is 0.140. The average Bonchev–Trinajstić information content (AvgIpc) is 3.12. The second-order valence-corrected chi connectivity index (χ2v) is 6.74. The highest BCUT2D eigenvalue weighted by atomic mass is 16.1. The summed E-state index contributed by atoms with van der Waals surface area (Å²) in [4.78, 5) is 23.0. The molecule has 3 aromatic heterocycles. The lowest BCUT2D eigenvalue weighted by atomic mass is 10.1.